The molecule has 0 spiro atoms. The Morgan fingerprint density at radius 2 is 1.92 bits per heavy atom. The molecule has 1 aromatic carbocycles. The van der Waals surface area contributed by atoms with Gasteiger partial charge in [-0.25, -0.2) is 8.42 Å². The van der Waals surface area contributed by atoms with Gasteiger partial charge in [0.2, 0.25) is 10.0 Å². The number of amides is 1. The van der Waals surface area contributed by atoms with Crippen molar-refractivity contribution in [3.05, 3.63) is 29.3 Å². The number of ether oxygens (including phenoxy) is 1. The van der Waals surface area contributed by atoms with Crippen molar-refractivity contribution in [1.29, 1.82) is 0 Å². The van der Waals surface area contributed by atoms with Crippen molar-refractivity contribution in [3.8, 4) is 0 Å². The molecule has 1 atom stereocenters. The van der Waals surface area contributed by atoms with E-state index in [4.69, 9.17) is 4.74 Å². The molecule has 3 rings (SSSR count). The summed E-state index contributed by atoms with van der Waals surface area (Å²) in [6, 6.07) is 5.13. The molecule has 1 amide bonds. The van der Waals surface area contributed by atoms with E-state index >= 15 is 0 Å². The number of carbonyl (C=O) groups is 1. The molecule has 1 saturated heterocycles. The second kappa shape index (κ2) is 7.05. The fourth-order valence-corrected chi connectivity index (χ4v) is 4.88. The summed E-state index contributed by atoms with van der Waals surface area (Å²) in [6.45, 7) is 5.31. The average Bonchev–Trinajstić information content (AvgIpc) is 3.46. The second-order valence-corrected chi connectivity index (χ2v) is 8.90. The van der Waals surface area contributed by atoms with Gasteiger partial charge in [-0.1, -0.05) is 6.07 Å². The van der Waals surface area contributed by atoms with Crippen LogP contribution < -0.4 is 0 Å². The van der Waals surface area contributed by atoms with E-state index in [-0.39, 0.29) is 16.8 Å². The van der Waals surface area contributed by atoms with Crippen LogP contribution in [-0.4, -0.2) is 62.9 Å². The molecule has 1 aliphatic heterocycles. The topological polar surface area (TPSA) is 66.9 Å². The minimum Gasteiger partial charge on any atom is -0.379 e. The Morgan fingerprint density at radius 1 is 1.28 bits per heavy atom. The van der Waals surface area contributed by atoms with E-state index in [1.165, 1.54) is 10.4 Å². The summed E-state index contributed by atoms with van der Waals surface area (Å²) >= 11 is 0. The van der Waals surface area contributed by atoms with E-state index in [1.807, 2.05) is 0 Å². The van der Waals surface area contributed by atoms with Gasteiger partial charge in [-0.3, -0.25) is 4.79 Å². The van der Waals surface area contributed by atoms with Gasteiger partial charge in [-0.05, 0) is 50.3 Å². The summed E-state index contributed by atoms with van der Waals surface area (Å²) in [7, 11) is -1.82. The molecule has 7 heteroatoms. The van der Waals surface area contributed by atoms with Crippen LogP contribution in [-0.2, 0) is 14.8 Å². The van der Waals surface area contributed by atoms with Crippen molar-refractivity contribution in [2.75, 3.05) is 33.4 Å². The number of rotatable bonds is 5. The molecule has 0 N–H and O–H groups in total. The predicted octanol–water partition coefficient (Wildman–Crippen LogP) is 1.89. The zero-order valence-corrected chi connectivity index (χ0v) is 15.9. The van der Waals surface area contributed by atoms with Crippen LogP contribution in [0.1, 0.15) is 35.7 Å². The molecule has 2 aliphatic rings. The van der Waals surface area contributed by atoms with E-state index in [2.05, 4.69) is 6.92 Å². The SMILES string of the molecule is Cc1ccc(C(=O)N(C)C(C)C2CC2)cc1S(=O)(=O)N1CCOCC1. The third-order valence-electron chi connectivity index (χ3n) is 5.26. The number of hydrogen-bond acceptors (Lipinski definition) is 4. The Balaban J connectivity index is 1.88. The van der Waals surface area contributed by atoms with Crippen LogP contribution in [0.2, 0.25) is 0 Å². The first kappa shape index (κ1) is 18.4. The lowest BCUT2D eigenvalue weighted by atomic mass is 10.1. The summed E-state index contributed by atoms with van der Waals surface area (Å²) in [6.07, 6.45) is 2.31. The number of carbonyl (C=O) groups excluding carboxylic acids is 1. The van der Waals surface area contributed by atoms with Crippen molar-refractivity contribution in [3.63, 3.8) is 0 Å². The standard InChI is InChI=1S/C18H26N2O4S/c1-13-4-5-16(18(21)19(3)14(2)15-6-7-15)12-17(13)25(22,23)20-8-10-24-11-9-20/h4-5,12,14-15H,6-11H2,1-3H3. The van der Waals surface area contributed by atoms with Gasteiger partial charge in [0.05, 0.1) is 18.1 Å². The number of morpholine rings is 1. The Hall–Kier alpha value is -1.44. The maximum absolute atomic E-state index is 13.0. The van der Waals surface area contributed by atoms with Crippen molar-refractivity contribution in [2.45, 2.75) is 37.6 Å². The fourth-order valence-electron chi connectivity index (χ4n) is 3.22. The molecule has 138 valence electrons. The smallest absolute Gasteiger partial charge is 0.253 e. The molecule has 1 saturated carbocycles. The lowest BCUT2D eigenvalue weighted by Crippen LogP contribution is -2.41. The first-order valence-electron chi connectivity index (χ1n) is 8.78. The largest absolute Gasteiger partial charge is 0.379 e. The van der Waals surface area contributed by atoms with Crippen molar-refractivity contribution >= 4 is 15.9 Å². The van der Waals surface area contributed by atoms with Gasteiger partial charge in [0, 0.05) is 31.7 Å². The number of nitrogens with zero attached hydrogens (tertiary/aromatic N) is 2. The third-order valence-corrected chi connectivity index (χ3v) is 7.30. The molecule has 0 aromatic heterocycles. The number of sulfonamides is 1. The van der Waals surface area contributed by atoms with Crippen LogP contribution >= 0.6 is 0 Å². The molecule has 25 heavy (non-hydrogen) atoms. The first-order valence-corrected chi connectivity index (χ1v) is 10.2. The van der Waals surface area contributed by atoms with Crippen molar-refractivity contribution in [1.82, 2.24) is 9.21 Å². The molecule has 0 bridgehead atoms. The van der Waals surface area contributed by atoms with Gasteiger partial charge in [-0.2, -0.15) is 4.31 Å². The quantitative estimate of drug-likeness (QED) is 0.798. The minimum atomic E-state index is -3.62. The van der Waals surface area contributed by atoms with Crippen LogP contribution in [0.25, 0.3) is 0 Å². The zero-order valence-electron chi connectivity index (χ0n) is 15.1. The molecule has 6 nitrogen and oxygen atoms in total. The Labute approximate surface area is 149 Å². The van der Waals surface area contributed by atoms with E-state index in [9.17, 15) is 13.2 Å². The van der Waals surface area contributed by atoms with Gasteiger partial charge < -0.3 is 9.64 Å². The highest BCUT2D eigenvalue weighted by atomic mass is 32.2. The van der Waals surface area contributed by atoms with Crippen molar-refractivity contribution < 1.29 is 17.9 Å². The Bertz CT molecular complexity index is 752. The maximum Gasteiger partial charge on any atom is 0.253 e. The molecule has 1 unspecified atom stereocenters. The zero-order chi connectivity index (χ0) is 18.2. The summed E-state index contributed by atoms with van der Waals surface area (Å²) in [5.41, 5.74) is 1.08. The Morgan fingerprint density at radius 3 is 2.52 bits per heavy atom. The van der Waals surface area contributed by atoms with Crippen LogP contribution in [0.5, 0.6) is 0 Å². The highest BCUT2D eigenvalue weighted by Gasteiger charge is 2.33. The van der Waals surface area contributed by atoms with E-state index in [1.54, 1.807) is 31.0 Å². The second-order valence-electron chi connectivity index (χ2n) is 6.99. The van der Waals surface area contributed by atoms with Crippen LogP contribution in [0, 0.1) is 12.8 Å². The van der Waals surface area contributed by atoms with E-state index in [0.717, 1.165) is 12.8 Å². The van der Waals surface area contributed by atoms with Gasteiger partial charge in [0.1, 0.15) is 0 Å². The molecular formula is C18H26N2O4S. The van der Waals surface area contributed by atoms with E-state index < -0.39 is 10.0 Å². The summed E-state index contributed by atoms with van der Waals surface area (Å²) in [5, 5.41) is 0. The maximum atomic E-state index is 13.0. The van der Waals surface area contributed by atoms with Gasteiger partial charge in [0.25, 0.3) is 5.91 Å². The van der Waals surface area contributed by atoms with Crippen LogP contribution in [0.3, 0.4) is 0 Å². The monoisotopic (exact) mass is 366 g/mol. The van der Waals surface area contributed by atoms with Crippen molar-refractivity contribution in [2.24, 2.45) is 5.92 Å². The average molecular weight is 366 g/mol. The predicted molar refractivity (Wildman–Crippen MR) is 95.0 cm³/mol. The minimum absolute atomic E-state index is 0.127. The number of hydrogen-bond donors (Lipinski definition) is 0. The molecule has 1 aliphatic carbocycles. The molecule has 2 fully saturated rings. The summed E-state index contributed by atoms with van der Waals surface area (Å²) in [5.74, 6) is 0.439. The number of aryl methyl sites for hydroxylation is 1. The van der Waals surface area contributed by atoms with Gasteiger partial charge in [0.15, 0.2) is 0 Å². The van der Waals surface area contributed by atoms with Gasteiger partial charge in [-0.15, -0.1) is 0 Å². The summed E-state index contributed by atoms with van der Waals surface area (Å²) in [4.78, 5) is 14.7. The fraction of sp³-hybridized carbons (Fsp3) is 0.611. The highest BCUT2D eigenvalue weighted by Crippen LogP contribution is 2.35. The number of benzene rings is 1. The van der Waals surface area contributed by atoms with E-state index in [0.29, 0.717) is 43.3 Å². The molecular weight excluding hydrogens is 340 g/mol. The lowest BCUT2D eigenvalue weighted by Gasteiger charge is -2.27. The van der Waals surface area contributed by atoms with Crippen LogP contribution in [0.4, 0.5) is 0 Å². The third kappa shape index (κ3) is 3.73. The molecule has 1 aromatic rings. The first-order chi connectivity index (χ1) is 11.8. The normalized spacial score (nSPS) is 20.3. The molecule has 0 radical (unpaired) electrons. The summed E-state index contributed by atoms with van der Waals surface area (Å²) < 4.78 is 32.6. The molecule has 1 heterocycles. The van der Waals surface area contributed by atoms with Gasteiger partial charge >= 0.3 is 0 Å². The highest BCUT2D eigenvalue weighted by molar-refractivity contribution is 7.89. The lowest BCUT2D eigenvalue weighted by molar-refractivity contribution is 0.0723. The Kier molecular flexibility index (Phi) is 5.18. The van der Waals surface area contributed by atoms with Crippen LogP contribution in [0.15, 0.2) is 23.1 Å².